The van der Waals surface area contributed by atoms with Crippen LogP contribution in [-0.2, 0) is 23.0 Å². The first-order chi connectivity index (χ1) is 12.4. The van der Waals surface area contributed by atoms with Crippen LogP contribution < -0.4 is 10.1 Å². The van der Waals surface area contributed by atoms with Crippen molar-refractivity contribution in [1.29, 1.82) is 0 Å². The molecule has 0 radical (unpaired) electrons. The first-order valence-corrected chi connectivity index (χ1v) is 9.08. The highest BCUT2D eigenvalue weighted by Gasteiger charge is 2.18. The van der Waals surface area contributed by atoms with Gasteiger partial charge in [-0.1, -0.05) is 6.07 Å². The molecule has 2 heterocycles. The van der Waals surface area contributed by atoms with Gasteiger partial charge in [0.25, 0.3) is 0 Å². The Labute approximate surface area is 154 Å². The molecule has 6 nitrogen and oxygen atoms in total. The Morgan fingerprint density at radius 3 is 2.85 bits per heavy atom. The zero-order valence-electron chi connectivity index (χ0n) is 16.0. The summed E-state index contributed by atoms with van der Waals surface area (Å²) in [7, 11) is 1.89. The minimum Gasteiger partial charge on any atom is -0.489 e. The van der Waals surface area contributed by atoms with Crippen LogP contribution in [0.4, 0.5) is 5.69 Å². The summed E-state index contributed by atoms with van der Waals surface area (Å²) in [4.78, 5) is 12.6. The van der Waals surface area contributed by atoms with Crippen molar-refractivity contribution in [2.45, 2.75) is 46.1 Å². The molecule has 0 spiro atoms. The Kier molecular flexibility index (Phi) is 5.61. The highest BCUT2D eigenvalue weighted by molar-refractivity contribution is 5.94. The number of amides is 1. The fourth-order valence-corrected chi connectivity index (χ4v) is 3.24. The zero-order chi connectivity index (χ0) is 18.7. The van der Waals surface area contributed by atoms with Gasteiger partial charge in [0.2, 0.25) is 5.91 Å². The van der Waals surface area contributed by atoms with E-state index >= 15 is 0 Å². The van der Waals surface area contributed by atoms with Gasteiger partial charge in [-0.3, -0.25) is 9.48 Å². The Balaban J connectivity index is 1.68. The SMILES string of the molecule is Cc1ccc(NC(=O)Cc2c(C)nn(C)c2C)c(OC[C@@H]2CCCO2)c1. The number of anilines is 1. The third kappa shape index (κ3) is 4.25. The third-order valence-corrected chi connectivity index (χ3v) is 4.86. The monoisotopic (exact) mass is 357 g/mol. The van der Waals surface area contributed by atoms with E-state index < -0.39 is 0 Å². The molecule has 3 rings (SSSR count). The van der Waals surface area contributed by atoms with Crippen LogP contribution in [0.1, 0.15) is 35.4 Å². The lowest BCUT2D eigenvalue weighted by atomic mass is 10.1. The van der Waals surface area contributed by atoms with E-state index in [4.69, 9.17) is 9.47 Å². The molecule has 6 heteroatoms. The van der Waals surface area contributed by atoms with E-state index in [1.54, 1.807) is 4.68 Å². The summed E-state index contributed by atoms with van der Waals surface area (Å²) < 4.78 is 13.4. The molecule has 1 aliphatic heterocycles. The molecule has 1 saturated heterocycles. The summed E-state index contributed by atoms with van der Waals surface area (Å²) in [5.74, 6) is 0.614. The molecular weight excluding hydrogens is 330 g/mol. The molecule has 140 valence electrons. The third-order valence-electron chi connectivity index (χ3n) is 4.86. The molecule has 1 aromatic carbocycles. The number of nitrogens with one attached hydrogen (secondary N) is 1. The summed E-state index contributed by atoms with van der Waals surface area (Å²) in [6.45, 7) is 7.22. The highest BCUT2D eigenvalue weighted by Crippen LogP contribution is 2.27. The van der Waals surface area contributed by atoms with Gasteiger partial charge in [0.15, 0.2) is 0 Å². The molecule has 1 aliphatic rings. The molecule has 1 aromatic heterocycles. The summed E-state index contributed by atoms with van der Waals surface area (Å²) >= 11 is 0. The van der Waals surface area contributed by atoms with Crippen molar-refractivity contribution in [3.63, 3.8) is 0 Å². The Morgan fingerprint density at radius 1 is 1.38 bits per heavy atom. The molecule has 1 fully saturated rings. The average Bonchev–Trinajstić information content (AvgIpc) is 3.19. The van der Waals surface area contributed by atoms with Gasteiger partial charge in [-0.25, -0.2) is 0 Å². The van der Waals surface area contributed by atoms with Crippen LogP contribution in [0.2, 0.25) is 0 Å². The van der Waals surface area contributed by atoms with Gasteiger partial charge in [0, 0.05) is 24.9 Å². The van der Waals surface area contributed by atoms with E-state index in [0.29, 0.717) is 24.5 Å². The number of aromatic nitrogens is 2. The van der Waals surface area contributed by atoms with Gasteiger partial charge in [-0.2, -0.15) is 5.10 Å². The van der Waals surface area contributed by atoms with Crippen LogP contribution in [0.15, 0.2) is 18.2 Å². The van der Waals surface area contributed by atoms with Gasteiger partial charge >= 0.3 is 0 Å². The van der Waals surface area contributed by atoms with Crippen molar-refractivity contribution >= 4 is 11.6 Å². The first-order valence-electron chi connectivity index (χ1n) is 9.08. The standard InChI is InChI=1S/C20H27N3O3/c1-13-7-8-18(19(10-13)26-12-16-6-5-9-25-16)21-20(24)11-17-14(2)22-23(4)15(17)3/h7-8,10,16H,5-6,9,11-12H2,1-4H3,(H,21,24)/t16-/m0/s1. The largest absolute Gasteiger partial charge is 0.489 e. The van der Waals surface area contributed by atoms with Crippen molar-refractivity contribution in [1.82, 2.24) is 9.78 Å². The van der Waals surface area contributed by atoms with Crippen LogP contribution >= 0.6 is 0 Å². The van der Waals surface area contributed by atoms with E-state index in [0.717, 1.165) is 42.0 Å². The molecule has 0 aliphatic carbocycles. The van der Waals surface area contributed by atoms with Gasteiger partial charge in [-0.05, 0) is 51.3 Å². The van der Waals surface area contributed by atoms with Crippen molar-refractivity contribution in [2.24, 2.45) is 7.05 Å². The number of benzene rings is 1. The van der Waals surface area contributed by atoms with E-state index in [1.165, 1.54) is 0 Å². The Hall–Kier alpha value is -2.34. The predicted molar refractivity (Wildman–Crippen MR) is 101 cm³/mol. The van der Waals surface area contributed by atoms with Crippen LogP contribution in [0.3, 0.4) is 0 Å². The minimum absolute atomic E-state index is 0.0741. The summed E-state index contributed by atoms with van der Waals surface area (Å²) in [6, 6.07) is 5.81. The highest BCUT2D eigenvalue weighted by atomic mass is 16.5. The minimum atomic E-state index is -0.0741. The number of ether oxygens (including phenoxy) is 2. The number of nitrogens with zero attached hydrogens (tertiary/aromatic N) is 2. The number of aryl methyl sites for hydroxylation is 3. The average molecular weight is 357 g/mol. The number of rotatable bonds is 6. The molecule has 0 unspecified atom stereocenters. The number of hydrogen-bond donors (Lipinski definition) is 1. The lowest BCUT2D eigenvalue weighted by Crippen LogP contribution is -2.19. The van der Waals surface area contributed by atoms with Crippen LogP contribution in [0.5, 0.6) is 5.75 Å². The van der Waals surface area contributed by atoms with E-state index in [1.807, 2.05) is 46.0 Å². The maximum atomic E-state index is 12.6. The van der Waals surface area contributed by atoms with Gasteiger partial charge in [-0.15, -0.1) is 0 Å². The maximum Gasteiger partial charge on any atom is 0.229 e. The lowest BCUT2D eigenvalue weighted by Gasteiger charge is -2.16. The summed E-state index contributed by atoms with van der Waals surface area (Å²) in [5, 5.41) is 7.36. The van der Waals surface area contributed by atoms with Crippen LogP contribution in [0.25, 0.3) is 0 Å². The fraction of sp³-hybridized carbons (Fsp3) is 0.500. The molecule has 26 heavy (non-hydrogen) atoms. The molecule has 1 N–H and O–H groups in total. The number of hydrogen-bond acceptors (Lipinski definition) is 4. The Morgan fingerprint density at radius 2 is 2.19 bits per heavy atom. The second-order valence-corrected chi connectivity index (χ2v) is 6.94. The second kappa shape index (κ2) is 7.91. The van der Waals surface area contributed by atoms with Crippen LogP contribution in [0, 0.1) is 20.8 Å². The van der Waals surface area contributed by atoms with Gasteiger partial charge in [0.1, 0.15) is 12.4 Å². The van der Waals surface area contributed by atoms with Crippen molar-refractivity contribution in [2.75, 3.05) is 18.5 Å². The van der Waals surface area contributed by atoms with Gasteiger partial charge < -0.3 is 14.8 Å². The molecule has 1 atom stereocenters. The van der Waals surface area contributed by atoms with Crippen molar-refractivity contribution < 1.29 is 14.3 Å². The molecule has 2 aromatic rings. The van der Waals surface area contributed by atoms with Crippen LogP contribution in [-0.4, -0.2) is 35.0 Å². The fourth-order valence-electron chi connectivity index (χ4n) is 3.24. The first kappa shape index (κ1) is 18.5. The number of carbonyl (C=O) groups is 1. The lowest BCUT2D eigenvalue weighted by molar-refractivity contribution is -0.115. The normalized spacial score (nSPS) is 16.7. The zero-order valence-corrected chi connectivity index (χ0v) is 16.0. The smallest absolute Gasteiger partial charge is 0.229 e. The molecular formula is C20H27N3O3. The van der Waals surface area contributed by atoms with E-state index in [-0.39, 0.29) is 12.0 Å². The maximum absolute atomic E-state index is 12.6. The Bertz CT molecular complexity index is 792. The second-order valence-electron chi connectivity index (χ2n) is 6.94. The topological polar surface area (TPSA) is 65.4 Å². The van der Waals surface area contributed by atoms with Crippen molar-refractivity contribution in [3.05, 3.63) is 40.7 Å². The van der Waals surface area contributed by atoms with E-state index in [2.05, 4.69) is 10.4 Å². The predicted octanol–water partition coefficient (Wildman–Crippen LogP) is 3.08. The van der Waals surface area contributed by atoms with E-state index in [9.17, 15) is 4.79 Å². The summed E-state index contributed by atoms with van der Waals surface area (Å²) in [5.41, 5.74) is 4.65. The molecule has 0 bridgehead atoms. The van der Waals surface area contributed by atoms with Crippen molar-refractivity contribution in [3.8, 4) is 5.75 Å². The van der Waals surface area contributed by atoms with Gasteiger partial charge in [0.05, 0.1) is 23.9 Å². The molecule has 0 saturated carbocycles. The number of carbonyl (C=O) groups excluding carboxylic acids is 1. The molecule has 1 amide bonds. The quantitative estimate of drug-likeness (QED) is 0.863. The summed E-state index contributed by atoms with van der Waals surface area (Å²) in [6.07, 6.45) is 2.53.